The first-order valence-electron chi connectivity index (χ1n) is 9.66. The number of carbonyl (C=O) groups is 1. The topological polar surface area (TPSA) is 105 Å². The number of fused-ring (bicyclic) bond motifs is 1. The molecule has 148 valence electrons. The Labute approximate surface area is 161 Å². The number of hydrogen-bond donors (Lipinski definition) is 3. The first kappa shape index (κ1) is 17.5. The maximum atomic E-state index is 12.1. The maximum absolute atomic E-state index is 12.1. The minimum atomic E-state index is -1.20. The second-order valence-corrected chi connectivity index (χ2v) is 7.95. The van der Waals surface area contributed by atoms with Crippen molar-refractivity contribution in [3.63, 3.8) is 0 Å². The van der Waals surface area contributed by atoms with Crippen molar-refractivity contribution in [1.29, 1.82) is 0 Å². The molecular formula is C20H23N3O5. The van der Waals surface area contributed by atoms with E-state index in [9.17, 15) is 15.0 Å². The molecule has 2 aromatic rings. The van der Waals surface area contributed by atoms with E-state index in [2.05, 4.69) is 22.6 Å². The Balaban J connectivity index is 1.63. The number of aromatic nitrogens is 1. The van der Waals surface area contributed by atoms with Crippen LogP contribution in [-0.4, -0.2) is 46.2 Å². The molecule has 3 aliphatic rings. The summed E-state index contributed by atoms with van der Waals surface area (Å²) in [6.07, 6.45) is 1.49. The highest BCUT2D eigenvalue weighted by Crippen LogP contribution is 2.53. The summed E-state index contributed by atoms with van der Waals surface area (Å²) in [5.74, 6) is 0.0906. The summed E-state index contributed by atoms with van der Waals surface area (Å²) in [5, 5.41) is 27.3. The molecule has 5 rings (SSSR count). The molecule has 1 aromatic heterocycles. The number of aliphatic hydroxyl groups is 1. The second kappa shape index (κ2) is 6.22. The molecule has 1 aromatic carbocycles. The van der Waals surface area contributed by atoms with Crippen LogP contribution in [0.2, 0.25) is 0 Å². The van der Waals surface area contributed by atoms with Crippen molar-refractivity contribution in [2.75, 3.05) is 13.2 Å². The van der Waals surface area contributed by atoms with Gasteiger partial charge in [0.15, 0.2) is 5.84 Å². The van der Waals surface area contributed by atoms with Crippen LogP contribution >= 0.6 is 0 Å². The molecule has 1 aliphatic carbocycles. The van der Waals surface area contributed by atoms with Crippen molar-refractivity contribution in [2.24, 2.45) is 11.1 Å². The van der Waals surface area contributed by atoms with Gasteiger partial charge in [-0.25, -0.2) is 4.79 Å². The molecule has 0 spiro atoms. The highest BCUT2D eigenvalue weighted by molar-refractivity contribution is 6.00. The first-order valence-corrected chi connectivity index (χ1v) is 9.66. The molecule has 2 fully saturated rings. The second-order valence-electron chi connectivity index (χ2n) is 7.95. The Hall–Kier alpha value is -2.58. The summed E-state index contributed by atoms with van der Waals surface area (Å²) in [5.41, 5.74) is 1.64. The van der Waals surface area contributed by atoms with Gasteiger partial charge in [0, 0.05) is 24.1 Å². The molecule has 2 aliphatic heterocycles. The van der Waals surface area contributed by atoms with Crippen LogP contribution in [0.3, 0.4) is 0 Å². The van der Waals surface area contributed by atoms with Gasteiger partial charge < -0.3 is 29.7 Å². The van der Waals surface area contributed by atoms with Crippen molar-refractivity contribution >= 4 is 22.7 Å². The van der Waals surface area contributed by atoms with Gasteiger partial charge in [-0.2, -0.15) is 0 Å². The summed E-state index contributed by atoms with van der Waals surface area (Å²) < 4.78 is 7.30. The van der Waals surface area contributed by atoms with Gasteiger partial charge in [0.2, 0.25) is 0 Å². The zero-order chi connectivity index (χ0) is 19.5. The molecule has 8 heteroatoms. The average molecular weight is 385 g/mol. The largest absolute Gasteiger partial charge is 0.477 e. The van der Waals surface area contributed by atoms with Gasteiger partial charge in [0.05, 0.1) is 0 Å². The third kappa shape index (κ3) is 2.51. The van der Waals surface area contributed by atoms with Gasteiger partial charge in [-0.05, 0) is 54.9 Å². The lowest BCUT2D eigenvalue weighted by molar-refractivity contribution is -0.0896. The van der Waals surface area contributed by atoms with E-state index >= 15 is 0 Å². The molecule has 0 amide bonds. The number of carboxylic acid groups (broad SMARTS) is 1. The summed E-state index contributed by atoms with van der Waals surface area (Å²) in [6.45, 7) is 3.57. The van der Waals surface area contributed by atoms with Crippen LogP contribution in [0.5, 0.6) is 0 Å². The predicted molar refractivity (Wildman–Crippen MR) is 101 cm³/mol. The smallest absolute Gasteiger partial charge is 0.352 e. The Kier molecular flexibility index (Phi) is 3.89. The lowest BCUT2D eigenvalue weighted by Crippen LogP contribution is -2.42. The van der Waals surface area contributed by atoms with Gasteiger partial charge in [0.1, 0.15) is 11.2 Å². The number of carboxylic acids is 1. The molecule has 1 unspecified atom stereocenters. The highest BCUT2D eigenvalue weighted by atomic mass is 16.7. The van der Waals surface area contributed by atoms with Crippen LogP contribution in [0.1, 0.15) is 48.2 Å². The lowest BCUT2D eigenvalue weighted by atomic mass is 9.91. The summed E-state index contributed by atoms with van der Waals surface area (Å²) in [7, 11) is 0. The maximum Gasteiger partial charge on any atom is 0.352 e. The van der Waals surface area contributed by atoms with E-state index in [1.165, 1.54) is 5.56 Å². The zero-order valence-corrected chi connectivity index (χ0v) is 15.6. The van der Waals surface area contributed by atoms with Gasteiger partial charge in [-0.1, -0.05) is 18.1 Å². The normalized spacial score (nSPS) is 30.0. The number of aromatic carboxylic acids is 1. The standard InChI is InChI=1S/C20H23N3O5/c1-11-10-20(11,18-21-19(26)28-22-18)23-15-3-2-13(12-4-6-27-7-5-12)8-14(15)9-16(23)17(24)25/h2-3,8-9,11-12,19,26H,4-7,10H2,1H3,(H,21,22)(H,24,25)/t11-,19?,20-/m0/s1. The zero-order valence-electron chi connectivity index (χ0n) is 15.6. The fourth-order valence-electron chi connectivity index (χ4n) is 4.74. The van der Waals surface area contributed by atoms with E-state index in [0.717, 1.165) is 43.4 Å². The predicted octanol–water partition coefficient (Wildman–Crippen LogP) is 2.18. The Morgan fingerprint density at radius 1 is 1.32 bits per heavy atom. The third-order valence-corrected chi connectivity index (χ3v) is 6.32. The average Bonchev–Trinajstić information content (AvgIpc) is 3.05. The Bertz CT molecular complexity index is 978. The fourth-order valence-corrected chi connectivity index (χ4v) is 4.74. The van der Waals surface area contributed by atoms with E-state index in [0.29, 0.717) is 11.8 Å². The van der Waals surface area contributed by atoms with E-state index in [4.69, 9.17) is 9.57 Å². The number of rotatable bonds is 4. The molecule has 0 radical (unpaired) electrons. The SMILES string of the molecule is C[C@H]1C[C@]1(C1=NOC(O)N1)n1c(C(=O)O)cc2cc(C3CCOCC3)ccc21. The molecule has 3 heterocycles. The van der Waals surface area contributed by atoms with Crippen LogP contribution in [0.25, 0.3) is 10.9 Å². The number of ether oxygens (including phenoxy) is 1. The van der Waals surface area contributed by atoms with Crippen molar-refractivity contribution in [1.82, 2.24) is 9.88 Å². The fraction of sp³-hybridized carbons (Fsp3) is 0.500. The number of nitrogens with zero attached hydrogens (tertiary/aromatic N) is 2. The number of hydrogen-bond acceptors (Lipinski definition) is 6. The van der Waals surface area contributed by atoms with E-state index in [1.54, 1.807) is 6.07 Å². The van der Waals surface area contributed by atoms with Crippen molar-refractivity contribution in [3.05, 3.63) is 35.5 Å². The number of aliphatic hydroxyl groups excluding tert-OH is 1. The van der Waals surface area contributed by atoms with Crippen molar-refractivity contribution in [3.8, 4) is 0 Å². The quantitative estimate of drug-likeness (QED) is 0.745. The first-order chi connectivity index (χ1) is 13.5. The molecule has 8 nitrogen and oxygen atoms in total. The molecular weight excluding hydrogens is 362 g/mol. The molecule has 1 saturated carbocycles. The number of oxime groups is 1. The molecule has 3 atom stereocenters. The number of nitrogens with one attached hydrogen (secondary N) is 1. The lowest BCUT2D eigenvalue weighted by Gasteiger charge is -2.23. The minimum Gasteiger partial charge on any atom is -0.477 e. The van der Waals surface area contributed by atoms with Crippen molar-refractivity contribution < 1.29 is 24.6 Å². The Morgan fingerprint density at radius 2 is 2.07 bits per heavy atom. The van der Waals surface area contributed by atoms with Crippen LogP contribution in [0.15, 0.2) is 29.4 Å². The number of amidine groups is 1. The molecule has 28 heavy (non-hydrogen) atoms. The molecule has 1 saturated heterocycles. The van der Waals surface area contributed by atoms with Crippen LogP contribution in [0.4, 0.5) is 0 Å². The van der Waals surface area contributed by atoms with Crippen molar-refractivity contribution in [2.45, 2.75) is 44.1 Å². The number of benzene rings is 1. The van der Waals surface area contributed by atoms with E-state index < -0.39 is 17.9 Å². The molecule has 3 N–H and O–H groups in total. The van der Waals surface area contributed by atoms with Gasteiger partial charge in [0.25, 0.3) is 0 Å². The summed E-state index contributed by atoms with van der Waals surface area (Å²) >= 11 is 0. The van der Waals surface area contributed by atoms with Gasteiger partial charge in [-0.3, -0.25) is 0 Å². The highest BCUT2D eigenvalue weighted by Gasteiger charge is 2.60. The monoisotopic (exact) mass is 385 g/mol. The molecule has 0 bridgehead atoms. The van der Waals surface area contributed by atoms with Crippen LogP contribution in [0, 0.1) is 5.92 Å². The summed E-state index contributed by atoms with van der Waals surface area (Å²) in [6, 6.07) is 7.94. The van der Waals surface area contributed by atoms with E-state index in [1.807, 2.05) is 17.6 Å². The van der Waals surface area contributed by atoms with E-state index in [-0.39, 0.29) is 11.6 Å². The summed E-state index contributed by atoms with van der Waals surface area (Å²) in [4.78, 5) is 17.0. The van der Waals surface area contributed by atoms with Gasteiger partial charge in [-0.15, -0.1) is 0 Å². The minimum absolute atomic E-state index is 0.163. The Morgan fingerprint density at radius 3 is 2.68 bits per heavy atom. The third-order valence-electron chi connectivity index (χ3n) is 6.32. The van der Waals surface area contributed by atoms with Gasteiger partial charge >= 0.3 is 12.4 Å². The van der Waals surface area contributed by atoms with Crippen LogP contribution < -0.4 is 5.32 Å². The van der Waals surface area contributed by atoms with Crippen LogP contribution in [-0.2, 0) is 15.1 Å².